The summed E-state index contributed by atoms with van der Waals surface area (Å²) in [5.41, 5.74) is 0.691. The van der Waals surface area contributed by atoms with E-state index in [4.69, 9.17) is 4.74 Å². The molecule has 0 bridgehead atoms. The fraction of sp³-hybridized carbons (Fsp3) is 0.412. The molecule has 1 aliphatic heterocycles. The summed E-state index contributed by atoms with van der Waals surface area (Å²) in [5, 5.41) is 15.9. The van der Waals surface area contributed by atoms with Crippen LogP contribution in [-0.4, -0.2) is 40.8 Å². The van der Waals surface area contributed by atoms with Gasteiger partial charge in [-0.25, -0.2) is 14.2 Å². The summed E-state index contributed by atoms with van der Waals surface area (Å²) in [6, 6.07) is 6.60. The molecule has 1 N–H and O–H groups in total. The number of nitriles is 1. The van der Waals surface area contributed by atoms with Gasteiger partial charge in [0, 0.05) is 19.0 Å². The molecule has 1 fully saturated rings. The fourth-order valence-electron chi connectivity index (χ4n) is 3.02. The molecule has 0 radical (unpaired) electrons. The van der Waals surface area contributed by atoms with Gasteiger partial charge in [0.25, 0.3) is 5.82 Å². The number of carbonyl (C=O) groups is 1. The third kappa shape index (κ3) is 3.45. The molecule has 1 aromatic heterocycles. The van der Waals surface area contributed by atoms with Crippen molar-refractivity contribution in [3.63, 3.8) is 0 Å². The SMILES string of the molecule is CCOC(=O)c1n[nH]c(C2CCN(c3cccc(F)c3C#N)CC2)n1. The van der Waals surface area contributed by atoms with Gasteiger partial charge in [-0.1, -0.05) is 6.07 Å². The van der Waals surface area contributed by atoms with Gasteiger partial charge < -0.3 is 9.64 Å². The van der Waals surface area contributed by atoms with Gasteiger partial charge in [0.1, 0.15) is 23.3 Å². The Kier molecular flexibility index (Phi) is 4.93. The Bertz CT molecular complexity index is 806. The number of piperidine rings is 1. The first-order valence-electron chi connectivity index (χ1n) is 8.17. The molecule has 130 valence electrons. The third-order valence-corrected chi connectivity index (χ3v) is 4.29. The van der Waals surface area contributed by atoms with Gasteiger partial charge in [-0.05, 0) is 31.9 Å². The number of rotatable bonds is 4. The van der Waals surface area contributed by atoms with E-state index in [0.717, 1.165) is 12.8 Å². The van der Waals surface area contributed by atoms with E-state index in [9.17, 15) is 14.4 Å². The number of benzene rings is 1. The Labute approximate surface area is 144 Å². The minimum Gasteiger partial charge on any atom is -0.460 e. The van der Waals surface area contributed by atoms with Gasteiger partial charge in [0.2, 0.25) is 0 Å². The predicted octanol–water partition coefficient (Wildman–Crippen LogP) is 2.38. The molecule has 8 heteroatoms. The summed E-state index contributed by atoms with van der Waals surface area (Å²) in [5.74, 6) is -0.220. The van der Waals surface area contributed by atoms with E-state index >= 15 is 0 Å². The topological polar surface area (TPSA) is 94.9 Å². The molecule has 0 unspecified atom stereocenters. The number of aromatic nitrogens is 3. The minimum absolute atomic E-state index is 0.0381. The van der Waals surface area contributed by atoms with E-state index in [2.05, 4.69) is 15.2 Å². The van der Waals surface area contributed by atoms with Crippen LogP contribution in [0.4, 0.5) is 10.1 Å². The molecule has 1 aromatic carbocycles. The lowest BCUT2D eigenvalue weighted by atomic mass is 9.95. The van der Waals surface area contributed by atoms with Crippen molar-refractivity contribution in [3.05, 3.63) is 41.2 Å². The van der Waals surface area contributed by atoms with Gasteiger partial charge in [0.05, 0.1) is 12.3 Å². The van der Waals surface area contributed by atoms with Crippen LogP contribution in [0.5, 0.6) is 0 Å². The molecule has 2 aromatic rings. The van der Waals surface area contributed by atoms with Crippen LogP contribution < -0.4 is 4.90 Å². The van der Waals surface area contributed by atoms with Crippen molar-refractivity contribution in [1.29, 1.82) is 5.26 Å². The van der Waals surface area contributed by atoms with Crippen LogP contribution in [0.25, 0.3) is 0 Å². The lowest BCUT2D eigenvalue weighted by Gasteiger charge is -2.33. The van der Waals surface area contributed by atoms with Crippen molar-refractivity contribution >= 4 is 11.7 Å². The smallest absolute Gasteiger partial charge is 0.378 e. The molecule has 1 aliphatic rings. The van der Waals surface area contributed by atoms with E-state index in [0.29, 0.717) is 24.6 Å². The normalized spacial score (nSPS) is 15.0. The molecule has 7 nitrogen and oxygen atoms in total. The second-order valence-corrected chi connectivity index (χ2v) is 5.77. The highest BCUT2D eigenvalue weighted by Crippen LogP contribution is 2.31. The maximum Gasteiger partial charge on any atom is 0.378 e. The maximum absolute atomic E-state index is 13.8. The first kappa shape index (κ1) is 16.9. The fourth-order valence-corrected chi connectivity index (χ4v) is 3.02. The molecule has 25 heavy (non-hydrogen) atoms. The van der Waals surface area contributed by atoms with Gasteiger partial charge in [0.15, 0.2) is 0 Å². The summed E-state index contributed by atoms with van der Waals surface area (Å²) in [6.07, 6.45) is 1.53. The summed E-state index contributed by atoms with van der Waals surface area (Å²) >= 11 is 0. The molecule has 0 amide bonds. The standard InChI is InChI=1S/C17H18FN5O2/c1-2-25-17(24)16-20-15(21-22-16)11-6-8-23(9-7-11)14-5-3-4-13(18)12(14)10-19/h3-5,11H,2,6-9H2,1H3,(H,20,21,22). The minimum atomic E-state index is -0.541. The number of carbonyl (C=O) groups excluding carboxylic acids is 1. The lowest BCUT2D eigenvalue weighted by Crippen LogP contribution is -2.33. The van der Waals surface area contributed by atoms with Crippen molar-refractivity contribution in [2.45, 2.75) is 25.7 Å². The number of H-pyrrole nitrogens is 1. The molecule has 2 heterocycles. The van der Waals surface area contributed by atoms with Crippen molar-refractivity contribution in [1.82, 2.24) is 15.2 Å². The number of hydrogen-bond acceptors (Lipinski definition) is 6. The highest BCUT2D eigenvalue weighted by atomic mass is 19.1. The average Bonchev–Trinajstić information content (AvgIpc) is 3.12. The van der Waals surface area contributed by atoms with E-state index in [1.54, 1.807) is 19.1 Å². The number of halogens is 1. The van der Waals surface area contributed by atoms with Gasteiger partial charge in [-0.2, -0.15) is 5.26 Å². The molecule has 0 aliphatic carbocycles. The number of nitrogens with zero attached hydrogens (tertiary/aromatic N) is 4. The van der Waals surface area contributed by atoms with Crippen LogP contribution in [-0.2, 0) is 4.74 Å². The first-order valence-corrected chi connectivity index (χ1v) is 8.17. The quantitative estimate of drug-likeness (QED) is 0.857. The maximum atomic E-state index is 13.8. The van der Waals surface area contributed by atoms with Crippen LogP contribution in [0, 0.1) is 17.1 Å². The van der Waals surface area contributed by atoms with Crippen molar-refractivity contribution in [2.75, 3.05) is 24.6 Å². The molecule has 0 saturated carbocycles. The second kappa shape index (κ2) is 7.30. The highest BCUT2D eigenvalue weighted by Gasteiger charge is 2.26. The van der Waals surface area contributed by atoms with Crippen LogP contribution in [0.15, 0.2) is 18.2 Å². The van der Waals surface area contributed by atoms with Gasteiger partial charge >= 0.3 is 5.97 Å². The van der Waals surface area contributed by atoms with Crippen molar-refractivity contribution in [2.24, 2.45) is 0 Å². The van der Waals surface area contributed by atoms with Crippen LogP contribution in [0.1, 0.15) is 47.7 Å². The molecular weight excluding hydrogens is 325 g/mol. The van der Waals surface area contributed by atoms with E-state index in [1.807, 2.05) is 11.0 Å². The molecule has 0 atom stereocenters. The zero-order valence-electron chi connectivity index (χ0n) is 13.8. The number of hydrogen-bond donors (Lipinski definition) is 1. The van der Waals surface area contributed by atoms with Crippen LogP contribution in [0.3, 0.4) is 0 Å². The van der Waals surface area contributed by atoms with E-state index in [-0.39, 0.29) is 23.9 Å². The van der Waals surface area contributed by atoms with Gasteiger partial charge in [-0.15, -0.1) is 5.10 Å². The number of anilines is 1. The Morgan fingerprint density at radius 3 is 2.92 bits per heavy atom. The number of aromatic amines is 1. The first-order chi connectivity index (χ1) is 12.1. The molecule has 1 saturated heterocycles. The molecule has 3 rings (SSSR count). The lowest BCUT2D eigenvalue weighted by molar-refractivity contribution is 0.0512. The monoisotopic (exact) mass is 343 g/mol. The summed E-state index contributed by atoms with van der Waals surface area (Å²) < 4.78 is 18.7. The highest BCUT2D eigenvalue weighted by molar-refractivity contribution is 5.84. The summed E-state index contributed by atoms with van der Waals surface area (Å²) in [4.78, 5) is 17.9. The summed E-state index contributed by atoms with van der Waals surface area (Å²) in [6.45, 7) is 3.33. The Morgan fingerprint density at radius 2 is 2.24 bits per heavy atom. The Morgan fingerprint density at radius 1 is 1.48 bits per heavy atom. The largest absolute Gasteiger partial charge is 0.460 e. The summed E-state index contributed by atoms with van der Waals surface area (Å²) in [7, 11) is 0. The number of ether oxygens (including phenoxy) is 1. The van der Waals surface area contributed by atoms with E-state index < -0.39 is 11.8 Å². The Balaban J connectivity index is 1.68. The molecular formula is C17H18FN5O2. The zero-order valence-corrected chi connectivity index (χ0v) is 13.8. The van der Waals surface area contributed by atoms with E-state index in [1.165, 1.54) is 6.07 Å². The van der Waals surface area contributed by atoms with Gasteiger partial charge in [-0.3, -0.25) is 5.10 Å². The predicted molar refractivity (Wildman–Crippen MR) is 87.6 cm³/mol. The third-order valence-electron chi connectivity index (χ3n) is 4.29. The second-order valence-electron chi connectivity index (χ2n) is 5.77. The number of nitrogens with one attached hydrogen (secondary N) is 1. The van der Waals surface area contributed by atoms with Crippen LogP contribution >= 0.6 is 0 Å². The average molecular weight is 343 g/mol. The van der Waals surface area contributed by atoms with Crippen molar-refractivity contribution < 1.29 is 13.9 Å². The molecule has 0 spiro atoms. The van der Waals surface area contributed by atoms with Crippen LogP contribution in [0.2, 0.25) is 0 Å². The van der Waals surface area contributed by atoms with Crippen molar-refractivity contribution in [3.8, 4) is 6.07 Å². The Hall–Kier alpha value is -2.95. The number of esters is 1. The zero-order chi connectivity index (χ0) is 17.8.